The van der Waals surface area contributed by atoms with E-state index in [2.05, 4.69) is 41.2 Å². The number of hydrogen-bond donors (Lipinski definition) is 1. The lowest BCUT2D eigenvalue weighted by Gasteiger charge is -2.14. The van der Waals surface area contributed by atoms with Crippen molar-refractivity contribution in [3.05, 3.63) is 18.0 Å². The smallest absolute Gasteiger partial charge is 0.0762 e. The van der Waals surface area contributed by atoms with E-state index < -0.39 is 0 Å². The molecule has 2 atom stereocenters. The van der Waals surface area contributed by atoms with E-state index in [1.807, 2.05) is 0 Å². The molecule has 1 N–H and O–H groups in total. The molecule has 2 unspecified atom stereocenters. The van der Waals surface area contributed by atoms with Crippen LogP contribution in [0.2, 0.25) is 0 Å². The fourth-order valence-corrected chi connectivity index (χ4v) is 3.31. The number of alkyl halides is 1. The summed E-state index contributed by atoms with van der Waals surface area (Å²) >= 11 is 6.28. The summed E-state index contributed by atoms with van der Waals surface area (Å²) in [5, 5.41) is 8.53. The van der Waals surface area contributed by atoms with Crippen molar-refractivity contribution in [1.82, 2.24) is 15.1 Å². The Bertz CT molecular complexity index is 373. The maximum Gasteiger partial charge on any atom is 0.0762 e. The second kappa shape index (κ2) is 7.30. The SMILES string of the molecule is CCC(CC)n1ccc(CNCC2CCCC2Cl)n1. The van der Waals surface area contributed by atoms with E-state index in [0.717, 1.165) is 31.6 Å². The van der Waals surface area contributed by atoms with Gasteiger partial charge in [0, 0.05) is 18.1 Å². The van der Waals surface area contributed by atoms with Gasteiger partial charge in [0.25, 0.3) is 0 Å². The molecule has 0 aromatic carbocycles. The summed E-state index contributed by atoms with van der Waals surface area (Å²) in [4.78, 5) is 0. The van der Waals surface area contributed by atoms with Crippen molar-refractivity contribution >= 4 is 11.6 Å². The highest BCUT2D eigenvalue weighted by molar-refractivity contribution is 6.20. The molecular formula is C15H26ClN3. The molecule has 4 heteroatoms. The van der Waals surface area contributed by atoms with Crippen LogP contribution >= 0.6 is 11.6 Å². The van der Waals surface area contributed by atoms with Gasteiger partial charge in [0.05, 0.1) is 11.7 Å². The average molecular weight is 284 g/mol. The van der Waals surface area contributed by atoms with Gasteiger partial charge in [-0.05, 0) is 44.2 Å². The van der Waals surface area contributed by atoms with Crippen molar-refractivity contribution in [3.8, 4) is 0 Å². The molecule has 1 heterocycles. The molecule has 1 saturated carbocycles. The van der Waals surface area contributed by atoms with Crippen LogP contribution in [0.4, 0.5) is 0 Å². The van der Waals surface area contributed by atoms with E-state index >= 15 is 0 Å². The van der Waals surface area contributed by atoms with Gasteiger partial charge in [-0.1, -0.05) is 20.3 Å². The lowest BCUT2D eigenvalue weighted by Crippen LogP contribution is -2.25. The molecule has 1 aromatic rings. The first-order valence-electron chi connectivity index (χ1n) is 7.63. The third kappa shape index (κ3) is 3.96. The molecule has 1 fully saturated rings. The predicted molar refractivity (Wildman–Crippen MR) is 80.5 cm³/mol. The van der Waals surface area contributed by atoms with Crippen molar-refractivity contribution in [2.24, 2.45) is 5.92 Å². The highest BCUT2D eigenvalue weighted by Gasteiger charge is 2.24. The van der Waals surface area contributed by atoms with E-state index in [0.29, 0.717) is 17.3 Å². The Labute approximate surface area is 121 Å². The van der Waals surface area contributed by atoms with Crippen LogP contribution in [0.3, 0.4) is 0 Å². The minimum Gasteiger partial charge on any atom is -0.311 e. The van der Waals surface area contributed by atoms with Gasteiger partial charge < -0.3 is 5.32 Å². The molecular weight excluding hydrogens is 258 g/mol. The normalized spacial score (nSPS) is 23.4. The zero-order chi connectivity index (χ0) is 13.7. The van der Waals surface area contributed by atoms with E-state index in [-0.39, 0.29) is 0 Å². The Balaban J connectivity index is 1.77. The van der Waals surface area contributed by atoms with Crippen molar-refractivity contribution in [2.45, 2.75) is 63.9 Å². The standard InChI is InChI=1S/C15H26ClN3/c1-3-14(4-2)19-9-8-13(18-19)11-17-10-12-6-5-7-15(12)16/h8-9,12,14-15,17H,3-7,10-11H2,1-2H3. The number of nitrogens with zero attached hydrogens (tertiary/aromatic N) is 2. The van der Waals surface area contributed by atoms with Crippen LogP contribution in [0.15, 0.2) is 12.3 Å². The highest BCUT2D eigenvalue weighted by atomic mass is 35.5. The molecule has 1 aliphatic carbocycles. The molecule has 108 valence electrons. The second-order valence-electron chi connectivity index (χ2n) is 5.60. The fraction of sp³-hybridized carbons (Fsp3) is 0.800. The molecule has 0 spiro atoms. The topological polar surface area (TPSA) is 29.9 Å². The lowest BCUT2D eigenvalue weighted by atomic mass is 10.1. The minimum atomic E-state index is 0.370. The van der Waals surface area contributed by atoms with Gasteiger partial charge in [0.15, 0.2) is 0 Å². The average Bonchev–Trinajstić information content (AvgIpc) is 3.02. The van der Waals surface area contributed by atoms with Crippen LogP contribution < -0.4 is 5.32 Å². The zero-order valence-electron chi connectivity index (χ0n) is 12.1. The van der Waals surface area contributed by atoms with E-state index in [1.54, 1.807) is 0 Å². The third-order valence-corrected chi connectivity index (χ3v) is 4.83. The van der Waals surface area contributed by atoms with Crippen molar-refractivity contribution in [3.63, 3.8) is 0 Å². The fourth-order valence-electron chi connectivity index (χ4n) is 2.94. The monoisotopic (exact) mass is 283 g/mol. The van der Waals surface area contributed by atoms with E-state index in [4.69, 9.17) is 11.6 Å². The van der Waals surface area contributed by atoms with Gasteiger partial charge in [-0.3, -0.25) is 4.68 Å². The summed E-state index contributed by atoms with van der Waals surface area (Å²) in [5.41, 5.74) is 1.14. The summed E-state index contributed by atoms with van der Waals surface area (Å²) in [5.74, 6) is 0.641. The summed E-state index contributed by atoms with van der Waals surface area (Å²) in [6.45, 7) is 6.31. The van der Waals surface area contributed by atoms with Gasteiger partial charge in [-0.15, -0.1) is 11.6 Å². The number of hydrogen-bond acceptors (Lipinski definition) is 2. The van der Waals surface area contributed by atoms with Gasteiger partial charge in [-0.25, -0.2) is 0 Å². The Morgan fingerprint density at radius 3 is 2.84 bits per heavy atom. The summed E-state index contributed by atoms with van der Waals surface area (Å²) in [7, 11) is 0. The molecule has 0 radical (unpaired) electrons. The Kier molecular flexibility index (Phi) is 5.71. The molecule has 1 aromatic heterocycles. The summed E-state index contributed by atoms with van der Waals surface area (Å²) in [6, 6.07) is 2.66. The highest BCUT2D eigenvalue weighted by Crippen LogP contribution is 2.29. The Morgan fingerprint density at radius 1 is 1.42 bits per heavy atom. The maximum absolute atomic E-state index is 6.28. The first-order valence-corrected chi connectivity index (χ1v) is 8.07. The number of rotatable bonds is 7. The molecule has 2 rings (SSSR count). The Morgan fingerprint density at radius 2 is 2.21 bits per heavy atom. The van der Waals surface area contributed by atoms with Gasteiger partial charge >= 0.3 is 0 Å². The van der Waals surface area contributed by atoms with Crippen LogP contribution in [-0.4, -0.2) is 21.7 Å². The van der Waals surface area contributed by atoms with Crippen LogP contribution in [0.1, 0.15) is 57.7 Å². The predicted octanol–water partition coefficient (Wildman–Crippen LogP) is 3.74. The van der Waals surface area contributed by atoms with Crippen LogP contribution in [0, 0.1) is 5.92 Å². The zero-order valence-corrected chi connectivity index (χ0v) is 12.9. The number of nitrogens with one attached hydrogen (secondary N) is 1. The van der Waals surface area contributed by atoms with Crippen LogP contribution in [0.25, 0.3) is 0 Å². The third-order valence-electron chi connectivity index (χ3n) is 4.26. The molecule has 1 aliphatic rings. The molecule has 0 saturated heterocycles. The van der Waals surface area contributed by atoms with Crippen LogP contribution in [0.5, 0.6) is 0 Å². The minimum absolute atomic E-state index is 0.370. The Hall–Kier alpha value is -0.540. The van der Waals surface area contributed by atoms with Crippen molar-refractivity contribution < 1.29 is 0 Å². The first kappa shape index (κ1) is 14.9. The summed E-state index contributed by atoms with van der Waals surface area (Å²) < 4.78 is 2.11. The van der Waals surface area contributed by atoms with Crippen molar-refractivity contribution in [2.75, 3.05) is 6.54 Å². The first-order chi connectivity index (χ1) is 9.24. The number of halogens is 1. The largest absolute Gasteiger partial charge is 0.311 e. The lowest BCUT2D eigenvalue weighted by molar-refractivity contribution is 0.422. The summed E-state index contributed by atoms with van der Waals surface area (Å²) in [6.07, 6.45) is 8.11. The molecule has 0 amide bonds. The maximum atomic E-state index is 6.28. The molecule has 0 aliphatic heterocycles. The van der Waals surface area contributed by atoms with Crippen molar-refractivity contribution in [1.29, 1.82) is 0 Å². The van der Waals surface area contributed by atoms with Gasteiger partial charge in [0.2, 0.25) is 0 Å². The van der Waals surface area contributed by atoms with Crippen LogP contribution in [-0.2, 0) is 6.54 Å². The van der Waals surface area contributed by atoms with Gasteiger partial charge in [0.1, 0.15) is 0 Å². The second-order valence-corrected chi connectivity index (χ2v) is 6.16. The van der Waals surface area contributed by atoms with Gasteiger partial charge in [-0.2, -0.15) is 5.10 Å². The van der Waals surface area contributed by atoms with E-state index in [9.17, 15) is 0 Å². The molecule has 19 heavy (non-hydrogen) atoms. The van der Waals surface area contributed by atoms with E-state index in [1.165, 1.54) is 19.3 Å². The quantitative estimate of drug-likeness (QED) is 0.773. The molecule has 3 nitrogen and oxygen atoms in total. The molecule has 0 bridgehead atoms. The number of aromatic nitrogens is 2.